The maximum atomic E-state index is 12.0. The first-order valence-electron chi connectivity index (χ1n) is 12.0. The Morgan fingerprint density at radius 2 is 1.47 bits per heavy atom. The number of carbonyl (C=O) groups excluding carboxylic acids is 1. The maximum absolute atomic E-state index is 12.0. The van der Waals surface area contributed by atoms with Crippen LogP contribution in [0.3, 0.4) is 0 Å². The topological polar surface area (TPSA) is 60.0 Å². The SMILES string of the molecule is CC1CCN(C2CCC(NC(=NCC(=O)N(C)C)NC3CCCCC3)CC2)CC1.I. The zero-order valence-electron chi connectivity index (χ0n) is 19.4. The molecule has 1 amide bonds. The van der Waals surface area contributed by atoms with Crippen LogP contribution in [0.4, 0.5) is 0 Å². The lowest BCUT2D eigenvalue weighted by molar-refractivity contribution is -0.127. The van der Waals surface area contributed by atoms with Crippen LogP contribution >= 0.6 is 24.0 Å². The number of piperidine rings is 1. The molecule has 3 aliphatic rings. The highest BCUT2D eigenvalue weighted by molar-refractivity contribution is 14.0. The number of likely N-dealkylation sites (tertiary alicyclic amines) is 1. The van der Waals surface area contributed by atoms with E-state index in [9.17, 15) is 4.79 Å². The Morgan fingerprint density at radius 1 is 0.900 bits per heavy atom. The number of rotatable bonds is 5. The highest BCUT2D eigenvalue weighted by atomic mass is 127. The molecular weight excluding hydrogens is 489 g/mol. The van der Waals surface area contributed by atoms with Crippen LogP contribution in [0.1, 0.15) is 77.6 Å². The Balaban J connectivity index is 0.00000320. The summed E-state index contributed by atoms with van der Waals surface area (Å²) in [5, 5.41) is 7.31. The van der Waals surface area contributed by atoms with Crippen molar-refractivity contribution in [2.75, 3.05) is 33.7 Å². The van der Waals surface area contributed by atoms with Crippen molar-refractivity contribution in [1.29, 1.82) is 0 Å². The minimum atomic E-state index is 0. The molecule has 2 saturated carbocycles. The first-order valence-corrected chi connectivity index (χ1v) is 12.0. The van der Waals surface area contributed by atoms with Crippen LogP contribution in [0, 0.1) is 5.92 Å². The molecule has 7 heteroatoms. The van der Waals surface area contributed by atoms with Gasteiger partial charge in [-0.05, 0) is 70.4 Å². The predicted octanol–water partition coefficient (Wildman–Crippen LogP) is 3.60. The van der Waals surface area contributed by atoms with E-state index in [1.807, 2.05) is 0 Å². The molecule has 0 unspecified atom stereocenters. The molecule has 0 radical (unpaired) electrons. The van der Waals surface area contributed by atoms with Gasteiger partial charge in [0, 0.05) is 32.2 Å². The summed E-state index contributed by atoms with van der Waals surface area (Å²) in [6.07, 6.45) is 14.0. The van der Waals surface area contributed by atoms with Crippen LogP contribution in [-0.4, -0.2) is 73.5 Å². The van der Waals surface area contributed by atoms with Gasteiger partial charge in [0.25, 0.3) is 0 Å². The third-order valence-electron chi connectivity index (χ3n) is 7.19. The lowest BCUT2D eigenvalue weighted by Crippen LogP contribution is -2.51. The molecule has 174 valence electrons. The summed E-state index contributed by atoms with van der Waals surface area (Å²) >= 11 is 0. The Morgan fingerprint density at radius 3 is 2.03 bits per heavy atom. The zero-order chi connectivity index (χ0) is 20.6. The molecule has 0 spiro atoms. The number of aliphatic imine (C=N–C) groups is 1. The molecule has 0 aromatic rings. The standard InChI is InChI=1S/C23H43N5O.HI/c1-18-13-15-28(16-14-18)21-11-9-20(10-12-21)26-23(24-17-22(29)27(2)3)25-19-7-5-4-6-8-19;/h18-21H,4-17H2,1-3H3,(H2,24,25,26);1H. The average molecular weight is 534 g/mol. The molecule has 1 aliphatic heterocycles. The summed E-state index contributed by atoms with van der Waals surface area (Å²) < 4.78 is 0. The van der Waals surface area contributed by atoms with E-state index in [1.165, 1.54) is 83.7 Å². The number of nitrogens with one attached hydrogen (secondary N) is 2. The number of guanidine groups is 1. The van der Waals surface area contributed by atoms with E-state index in [2.05, 4.69) is 27.4 Å². The Labute approximate surface area is 201 Å². The minimum absolute atomic E-state index is 0. The molecule has 6 nitrogen and oxygen atoms in total. The molecule has 0 atom stereocenters. The molecule has 30 heavy (non-hydrogen) atoms. The second-order valence-corrected chi connectivity index (χ2v) is 9.80. The maximum Gasteiger partial charge on any atom is 0.243 e. The van der Waals surface area contributed by atoms with Gasteiger partial charge in [-0.3, -0.25) is 4.79 Å². The summed E-state index contributed by atoms with van der Waals surface area (Å²) in [4.78, 5) is 21.0. The quantitative estimate of drug-likeness (QED) is 0.322. The molecule has 3 rings (SSSR count). The smallest absolute Gasteiger partial charge is 0.243 e. The number of hydrogen-bond donors (Lipinski definition) is 2. The van der Waals surface area contributed by atoms with Crippen LogP contribution in [0.15, 0.2) is 4.99 Å². The van der Waals surface area contributed by atoms with E-state index in [0.717, 1.165) is 17.9 Å². The number of hydrogen-bond acceptors (Lipinski definition) is 3. The second kappa shape index (κ2) is 13.1. The van der Waals surface area contributed by atoms with Gasteiger partial charge in [0.15, 0.2) is 5.96 Å². The summed E-state index contributed by atoms with van der Waals surface area (Å²) in [6, 6.07) is 1.73. The molecule has 0 bridgehead atoms. The summed E-state index contributed by atoms with van der Waals surface area (Å²) in [5.41, 5.74) is 0. The predicted molar refractivity (Wildman–Crippen MR) is 136 cm³/mol. The number of halogens is 1. The Hall–Kier alpha value is -0.570. The Bertz CT molecular complexity index is 534. The van der Waals surface area contributed by atoms with Crippen molar-refractivity contribution in [2.24, 2.45) is 10.9 Å². The molecule has 1 saturated heterocycles. The fourth-order valence-corrected chi connectivity index (χ4v) is 5.03. The van der Waals surface area contributed by atoms with Crippen LogP contribution in [-0.2, 0) is 4.79 Å². The summed E-state index contributed by atoms with van der Waals surface area (Å²) in [6.45, 7) is 5.18. The van der Waals surface area contributed by atoms with Crippen LogP contribution in [0.25, 0.3) is 0 Å². The average Bonchev–Trinajstić information content (AvgIpc) is 2.73. The van der Waals surface area contributed by atoms with Crippen LogP contribution in [0.5, 0.6) is 0 Å². The van der Waals surface area contributed by atoms with Crippen molar-refractivity contribution in [2.45, 2.75) is 95.7 Å². The van der Waals surface area contributed by atoms with Gasteiger partial charge in [0.1, 0.15) is 6.54 Å². The van der Waals surface area contributed by atoms with E-state index in [-0.39, 0.29) is 36.4 Å². The molecule has 2 aliphatic carbocycles. The molecule has 0 aromatic carbocycles. The molecule has 1 heterocycles. The molecule has 0 aromatic heterocycles. The van der Waals surface area contributed by atoms with Gasteiger partial charge in [-0.2, -0.15) is 0 Å². The van der Waals surface area contributed by atoms with E-state index in [4.69, 9.17) is 0 Å². The van der Waals surface area contributed by atoms with Gasteiger partial charge in [-0.1, -0.05) is 26.2 Å². The van der Waals surface area contributed by atoms with Crippen molar-refractivity contribution < 1.29 is 4.79 Å². The van der Waals surface area contributed by atoms with E-state index in [1.54, 1.807) is 19.0 Å². The first kappa shape index (κ1) is 25.7. The summed E-state index contributed by atoms with van der Waals surface area (Å²) in [7, 11) is 3.59. The number of likely N-dealkylation sites (N-methyl/N-ethyl adjacent to an activating group) is 1. The fraction of sp³-hybridized carbons (Fsp3) is 0.913. The number of amides is 1. The van der Waals surface area contributed by atoms with Crippen molar-refractivity contribution in [3.05, 3.63) is 0 Å². The monoisotopic (exact) mass is 533 g/mol. The van der Waals surface area contributed by atoms with Crippen LogP contribution in [0.2, 0.25) is 0 Å². The summed E-state index contributed by atoms with van der Waals surface area (Å²) in [5.74, 6) is 1.80. The molecule has 2 N–H and O–H groups in total. The van der Waals surface area contributed by atoms with Gasteiger partial charge in [-0.15, -0.1) is 24.0 Å². The van der Waals surface area contributed by atoms with Crippen molar-refractivity contribution in [1.82, 2.24) is 20.4 Å². The van der Waals surface area contributed by atoms with Gasteiger partial charge < -0.3 is 20.4 Å². The second-order valence-electron chi connectivity index (χ2n) is 9.80. The van der Waals surface area contributed by atoms with Gasteiger partial charge in [0.05, 0.1) is 0 Å². The third-order valence-corrected chi connectivity index (χ3v) is 7.19. The highest BCUT2D eigenvalue weighted by Crippen LogP contribution is 2.27. The van der Waals surface area contributed by atoms with Gasteiger partial charge in [0.2, 0.25) is 5.91 Å². The highest BCUT2D eigenvalue weighted by Gasteiger charge is 2.28. The largest absolute Gasteiger partial charge is 0.354 e. The van der Waals surface area contributed by atoms with Crippen molar-refractivity contribution in [3.8, 4) is 0 Å². The molecular formula is C23H44IN5O. The van der Waals surface area contributed by atoms with Gasteiger partial charge in [-0.25, -0.2) is 4.99 Å². The number of nitrogens with zero attached hydrogens (tertiary/aromatic N) is 3. The lowest BCUT2D eigenvalue weighted by atomic mass is 9.88. The minimum Gasteiger partial charge on any atom is -0.354 e. The Kier molecular flexibility index (Phi) is 11.2. The van der Waals surface area contributed by atoms with Crippen molar-refractivity contribution in [3.63, 3.8) is 0 Å². The van der Waals surface area contributed by atoms with Crippen LogP contribution < -0.4 is 10.6 Å². The normalized spacial score (nSPS) is 27.2. The van der Waals surface area contributed by atoms with E-state index < -0.39 is 0 Å². The first-order chi connectivity index (χ1) is 14.0. The van der Waals surface area contributed by atoms with Crippen molar-refractivity contribution >= 4 is 35.8 Å². The van der Waals surface area contributed by atoms with Gasteiger partial charge >= 0.3 is 0 Å². The third kappa shape index (κ3) is 8.17. The lowest BCUT2D eigenvalue weighted by Gasteiger charge is -2.40. The van der Waals surface area contributed by atoms with E-state index >= 15 is 0 Å². The fourth-order valence-electron chi connectivity index (χ4n) is 5.03. The van der Waals surface area contributed by atoms with E-state index in [0.29, 0.717) is 12.1 Å². The number of carbonyl (C=O) groups is 1. The zero-order valence-corrected chi connectivity index (χ0v) is 21.7. The molecule has 3 fully saturated rings.